The van der Waals surface area contributed by atoms with Crippen LogP contribution in [0.5, 0.6) is 0 Å². The number of hydrogen-bond acceptors (Lipinski definition) is 2. The van der Waals surface area contributed by atoms with Crippen molar-refractivity contribution in [3.05, 3.63) is 11.5 Å². The summed E-state index contributed by atoms with van der Waals surface area (Å²) < 4.78 is 0. The van der Waals surface area contributed by atoms with Crippen molar-refractivity contribution in [2.24, 2.45) is 0 Å². The van der Waals surface area contributed by atoms with Crippen LogP contribution in [0.4, 0.5) is 0 Å². The zero-order valence-electron chi connectivity index (χ0n) is 8.13. The molecule has 1 amide bonds. The number of thioether (sulfide) groups is 1. The van der Waals surface area contributed by atoms with Gasteiger partial charge in [0.2, 0.25) is 5.91 Å². The van der Waals surface area contributed by atoms with Gasteiger partial charge in [-0.2, -0.15) is 0 Å². The molecule has 0 aromatic heterocycles. The summed E-state index contributed by atoms with van der Waals surface area (Å²) in [6.07, 6.45) is 1.57. The van der Waals surface area contributed by atoms with Gasteiger partial charge in [-0.25, -0.2) is 0 Å². The summed E-state index contributed by atoms with van der Waals surface area (Å²) in [5, 5.41) is 5.15. The van der Waals surface area contributed by atoms with E-state index in [9.17, 15) is 4.79 Å². The van der Waals surface area contributed by atoms with Gasteiger partial charge in [-0.15, -0.1) is 11.8 Å². The number of carbonyl (C=O) groups excluding carboxylic acids is 1. The molecular weight excluding hydrogens is 170 g/mol. The van der Waals surface area contributed by atoms with Crippen LogP contribution in [0, 0.1) is 0 Å². The lowest BCUT2D eigenvalue weighted by Gasteiger charge is -2.04. The summed E-state index contributed by atoms with van der Waals surface area (Å²) in [6, 6.07) is 0.214. The predicted molar refractivity (Wildman–Crippen MR) is 55.1 cm³/mol. The van der Waals surface area contributed by atoms with E-state index in [-0.39, 0.29) is 11.9 Å². The Kier molecular flexibility index (Phi) is 5.89. The van der Waals surface area contributed by atoms with Gasteiger partial charge in [-0.1, -0.05) is 13.8 Å². The molecule has 0 unspecified atom stereocenters. The highest BCUT2D eigenvalue weighted by Crippen LogP contribution is 2.09. The lowest BCUT2D eigenvalue weighted by molar-refractivity contribution is -0.116. The van der Waals surface area contributed by atoms with Crippen molar-refractivity contribution in [3.63, 3.8) is 0 Å². The van der Waals surface area contributed by atoms with Crippen LogP contribution in [0.1, 0.15) is 27.7 Å². The maximum Gasteiger partial charge on any atom is 0.244 e. The first-order valence-corrected chi connectivity index (χ1v) is 5.09. The van der Waals surface area contributed by atoms with Crippen LogP contribution in [0.2, 0.25) is 0 Å². The Hall–Kier alpha value is -0.440. The summed E-state index contributed by atoms with van der Waals surface area (Å²) in [5.74, 6) is -0.0156. The van der Waals surface area contributed by atoms with Crippen molar-refractivity contribution < 1.29 is 4.79 Å². The third-order valence-electron chi connectivity index (χ3n) is 1.00. The molecule has 0 aliphatic carbocycles. The fourth-order valence-electron chi connectivity index (χ4n) is 0.591. The first kappa shape index (κ1) is 11.6. The molecule has 0 rings (SSSR count). The molecule has 0 aliphatic rings. The van der Waals surface area contributed by atoms with Crippen LogP contribution in [-0.4, -0.2) is 17.2 Å². The van der Waals surface area contributed by atoms with Gasteiger partial charge in [-0.05, 0) is 19.3 Å². The molecule has 1 N–H and O–H groups in total. The minimum absolute atomic E-state index is 0.0156. The van der Waals surface area contributed by atoms with Crippen molar-refractivity contribution in [1.82, 2.24) is 5.32 Å². The van der Waals surface area contributed by atoms with Crippen LogP contribution in [-0.2, 0) is 4.79 Å². The number of rotatable bonds is 4. The van der Waals surface area contributed by atoms with E-state index in [1.807, 2.05) is 19.3 Å². The van der Waals surface area contributed by atoms with Gasteiger partial charge in [0, 0.05) is 17.4 Å². The molecule has 0 bridgehead atoms. The van der Waals surface area contributed by atoms with Gasteiger partial charge in [0.25, 0.3) is 0 Å². The first-order valence-electron chi connectivity index (χ1n) is 4.15. The van der Waals surface area contributed by atoms with E-state index >= 15 is 0 Å². The quantitative estimate of drug-likeness (QED) is 0.683. The standard InChI is InChI=1S/C9H17NOS/c1-7(2)10-9(11)5-6-12-8(3)4/h5-8H,1-4H3,(H,10,11)/b6-5+. The molecule has 0 spiro atoms. The third-order valence-corrected chi connectivity index (χ3v) is 1.84. The molecule has 3 heteroatoms. The highest BCUT2D eigenvalue weighted by molar-refractivity contribution is 8.02. The second kappa shape index (κ2) is 6.12. The van der Waals surface area contributed by atoms with E-state index in [0.29, 0.717) is 5.25 Å². The molecule has 70 valence electrons. The van der Waals surface area contributed by atoms with Gasteiger partial charge >= 0.3 is 0 Å². The largest absolute Gasteiger partial charge is 0.350 e. The average molecular weight is 187 g/mol. The van der Waals surface area contributed by atoms with Crippen LogP contribution in [0.25, 0.3) is 0 Å². The van der Waals surface area contributed by atoms with Crippen molar-refractivity contribution in [2.75, 3.05) is 0 Å². The van der Waals surface area contributed by atoms with Crippen molar-refractivity contribution in [1.29, 1.82) is 0 Å². The molecule has 0 aromatic carbocycles. The lowest BCUT2D eigenvalue weighted by Crippen LogP contribution is -2.28. The molecule has 0 saturated carbocycles. The van der Waals surface area contributed by atoms with Gasteiger partial charge in [0.05, 0.1) is 0 Å². The summed E-state index contributed by atoms with van der Waals surface area (Å²) in [5.41, 5.74) is 0. The Morgan fingerprint density at radius 2 is 1.92 bits per heavy atom. The highest BCUT2D eigenvalue weighted by Gasteiger charge is 1.97. The smallest absolute Gasteiger partial charge is 0.244 e. The Morgan fingerprint density at radius 1 is 1.33 bits per heavy atom. The molecule has 12 heavy (non-hydrogen) atoms. The van der Waals surface area contributed by atoms with Crippen LogP contribution >= 0.6 is 11.8 Å². The van der Waals surface area contributed by atoms with E-state index in [1.54, 1.807) is 17.8 Å². The summed E-state index contributed by atoms with van der Waals surface area (Å²) in [7, 11) is 0. The summed E-state index contributed by atoms with van der Waals surface area (Å²) in [4.78, 5) is 11.0. The van der Waals surface area contributed by atoms with Gasteiger partial charge < -0.3 is 5.32 Å². The van der Waals surface area contributed by atoms with Gasteiger partial charge in [-0.3, -0.25) is 4.79 Å². The minimum Gasteiger partial charge on any atom is -0.350 e. The van der Waals surface area contributed by atoms with E-state index < -0.39 is 0 Å². The topological polar surface area (TPSA) is 29.1 Å². The summed E-state index contributed by atoms with van der Waals surface area (Å²) >= 11 is 1.65. The maximum atomic E-state index is 11.0. The van der Waals surface area contributed by atoms with E-state index in [4.69, 9.17) is 0 Å². The van der Waals surface area contributed by atoms with E-state index in [2.05, 4.69) is 19.2 Å². The average Bonchev–Trinajstić information content (AvgIpc) is 1.84. The van der Waals surface area contributed by atoms with Crippen molar-refractivity contribution in [2.45, 2.75) is 39.0 Å². The molecule has 0 atom stereocenters. The van der Waals surface area contributed by atoms with Crippen LogP contribution in [0.3, 0.4) is 0 Å². The SMILES string of the molecule is CC(C)NC(=O)/C=C/SC(C)C. The van der Waals surface area contributed by atoms with E-state index in [1.165, 1.54) is 0 Å². The lowest BCUT2D eigenvalue weighted by atomic mass is 10.4. The summed E-state index contributed by atoms with van der Waals surface area (Å²) in [6.45, 7) is 8.08. The Labute approximate surface area is 78.8 Å². The Morgan fingerprint density at radius 3 is 2.33 bits per heavy atom. The molecule has 0 fully saturated rings. The second-order valence-electron chi connectivity index (χ2n) is 3.15. The number of nitrogens with one attached hydrogen (secondary N) is 1. The number of carbonyl (C=O) groups is 1. The zero-order chi connectivity index (χ0) is 9.56. The number of hydrogen-bond donors (Lipinski definition) is 1. The fourth-order valence-corrected chi connectivity index (χ4v) is 1.11. The van der Waals surface area contributed by atoms with Crippen molar-refractivity contribution >= 4 is 17.7 Å². The normalized spacial score (nSPS) is 11.5. The second-order valence-corrected chi connectivity index (χ2v) is 4.64. The van der Waals surface area contributed by atoms with Crippen LogP contribution in [0.15, 0.2) is 11.5 Å². The first-order chi connectivity index (χ1) is 5.52. The maximum absolute atomic E-state index is 11.0. The molecule has 0 aliphatic heterocycles. The Balaban J connectivity index is 3.61. The zero-order valence-corrected chi connectivity index (χ0v) is 8.94. The molecular formula is C9H17NOS. The third kappa shape index (κ3) is 7.66. The molecule has 0 heterocycles. The molecule has 0 radical (unpaired) electrons. The van der Waals surface area contributed by atoms with Gasteiger partial charge in [0.15, 0.2) is 0 Å². The minimum atomic E-state index is -0.0156. The number of amides is 1. The highest BCUT2D eigenvalue weighted by atomic mass is 32.2. The van der Waals surface area contributed by atoms with Crippen molar-refractivity contribution in [3.8, 4) is 0 Å². The molecule has 0 saturated heterocycles. The van der Waals surface area contributed by atoms with E-state index in [0.717, 1.165) is 0 Å². The molecule has 2 nitrogen and oxygen atoms in total. The van der Waals surface area contributed by atoms with Gasteiger partial charge in [0.1, 0.15) is 0 Å². The monoisotopic (exact) mass is 187 g/mol. The Bertz CT molecular complexity index is 164. The predicted octanol–water partition coefficient (Wildman–Crippen LogP) is 2.17. The fraction of sp³-hybridized carbons (Fsp3) is 0.667. The molecule has 0 aromatic rings. The van der Waals surface area contributed by atoms with Crippen LogP contribution < -0.4 is 5.32 Å².